The fourth-order valence-electron chi connectivity index (χ4n) is 5.35. The van der Waals surface area contributed by atoms with E-state index in [1.54, 1.807) is 14.2 Å². The van der Waals surface area contributed by atoms with Crippen molar-refractivity contribution in [1.82, 2.24) is 14.5 Å². The monoisotopic (exact) mass is 493 g/mol. The Labute approximate surface area is 213 Å². The van der Waals surface area contributed by atoms with E-state index in [1.807, 2.05) is 29.2 Å². The molecule has 36 heavy (non-hydrogen) atoms. The van der Waals surface area contributed by atoms with Crippen molar-refractivity contribution in [2.45, 2.75) is 46.6 Å². The lowest BCUT2D eigenvalue weighted by Gasteiger charge is -2.35. The van der Waals surface area contributed by atoms with E-state index in [4.69, 9.17) is 20.2 Å². The lowest BCUT2D eigenvalue weighted by molar-refractivity contribution is 0.0623. The molecule has 1 fully saturated rings. The molecule has 1 aliphatic rings. The molecule has 4 rings (SSSR count). The van der Waals surface area contributed by atoms with E-state index in [-0.39, 0.29) is 5.91 Å². The molecule has 3 N–H and O–H groups in total. The number of aromatic nitrogens is 2. The highest BCUT2D eigenvalue weighted by Crippen LogP contribution is 2.36. The number of benzene rings is 2. The minimum Gasteiger partial charge on any atom is -0.493 e. The Morgan fingerprint density at radius 1 is 1.14 bits per heavy atom. The number of piperidine rings is 1. The number of ether oxygens (including phenoxy) is 2. The number of carbonyl (C=O) groups excluding carboxylic acids is 1. The molecule has 1 amide bonds. The van der Waals surface area contributed by atoms with E-state index in [9.17, 15) is 4.79 Å². The van der Waals surface area contributed by atoms with Gasteiger partial charge in [-0.3, -0.25) is 4.79 Å². The maximum Gasteiger partial charge on any atom is 0.253 e. The van der Waals surface area contributed by atoms with Crippen molar-refractivity contribution in [2.24, 2.45) is 17.6 Å². The van der Waals surface area contributed by atoms with Gasteiger partial charge in [0.05, 0.1) is 25.3 Å². The summed E-state index contributed by atoms with van der Waals surface area (Å²) in [6.07, 6.45) is 2.77. The number of hydrogen-bond acceptors (Lipinski definition) is 6. The zero-order chi connectivity index (χ0) is 25.8. The van der Waals surface area contributed by atoms with Crippen LogP contribution >= 0.6 is 0 Å². The number of imidazole rings is 1. The van der Waals surface area contributed by atoms with Crippen LogP contribution in [0.2, 0.25) is 0 Å². The van der Waals surface area contributed by atoms with Gasteiger partial charge in [0.2, 0.25) is 5.95 Å². The normalized spacial score (nSPS) is 17.9. The number of methoxy groups -OCH3 is 2. The fourth-order valence-corrected chi connectivity index (χ4v) is 5.35. The van der Waals surface area contributed by atoms with Crippen LogP contribution in [0, 0.1) is 11.8 Å². The van der Waals surface area contributed by atoms with Gasteiger partial charge in [0.1, 0.15) is 0 Å². The summed E-state index contributed by atoms with van der Waals surface area (Å²) in [6, 6.07) is 9.78. The highest BCUT2D eigenvalue weighted by Gasteiger charge is 2.26. The van der Waals surface area contributed by atoms with Crippen molar-refractivity contribution in [3.63, 3.8) is 0 Å². The van der Waals surface area contributed by atoms with Crippen LogP contribution in [0.15, 0.2) is 30.3 Å². The van der Waals surface area contributed by atoms with E-state index in [2.05, 4.69) is 36.7 Å². The van der Waals surface area contributed by atoms with Crippen molar-refractivity contribution >= 4 is 28.6 Å². The van der Waals surface area contributed by atoms with Gasteiger partial charge in [-0.05, 0) is 67.5 Å². The summed E-state index contributed by atoms with van der Waals surface area (Å²) in [5, 5.41) is 3.48. The summed E-state index contributed by atoms with van der Waals surface area (Å²) in [7, 11) is 3.29. The second-order valence-electron chi connectivity index (χ2n) is 9.94. The molecule has 194 valence electrons. The van der Waals surface area contributed by atoms with Gasteiger partial charge in [0, 0.05) is 37.0 Å². The van der Waals surface area contributed by atoms with Crippen LogP contribution in [0.25, 0.3) is 11.0 Å². The summed E-state index contributed by atoms with van der Waals surface area (Å²) < 4.78 is 13.3. The van der Waals surface area contributed by atoms with Crippen molar-refractivity contribution in [3.05, 3.63) is 41.5 Å². The highest BCUT2D eigenvalue weighted by molar-refractivity contribution is 5.98. The van der Waals surface area contributed by atoms with E-state index in [0.717, 1.165) is 54.0 Å². The molecule has 0 radical (unpaired) electrons. The van der Waals surface area contributed by atoms with Crippen LogP contribution in [0.4, 0.5) is 11.6 Å². The molecule has 8 heteroatoms. The first-order chi connectivity index (χ1) is 17.4. The maximum atomic E-state index is 13.4. The number of hydrogen-bond donors (Lipinski definition) is 2. The molecule has 2 unspecified atom stereocenters. The molecular weight excluding hydrogens is 454 g/mol. The third kappa shape index (κ3) is 5.28. The summed E-state index contributed by atoms with van der Waals surface area (Å²) in [5.74, 6) is 3.23. The van der Waals surface area contributed by atoms with Crippen LogP contribution in [0.3, 0.4) is 0 Å². The second-order valence-corrected chi connectivity index (χ2v) is 9.94. The standard InChI is InChI=1S/C28H39N5O3/c1-6-20-13-22(15-25(35-4)26(20)36-5)30-28-31-23-9-8-21(14-24(23)33(28)11-7-10-29)27(34)32-16-18(2)12-19(3)17-32/h8-9,13-15,18-19H,6-7,10-12,16-17,29H2,1-5H3,(H,30,31). The Balaban J connectivity index is 1.71. The number of aryl methyl sites for hydroxylation is 2. The molecule has 0 spiro atoms. The molecule has 1 aromatic heterocycles. The van der Waals surface area contributed by atoms with Crippen LogP contribution in [-0.2, 0) is 13.0 Å². The van der Waals surface area contributed by atoms with E-state index < -0.39 is 0 Å². The van der Waals surface area contributed by atoms with Crippen LogP contribution in [0.5, 0.6) is 11.5 Å². The van der Waals surface area contributed by atoms with Gasteiger partial charge in [0.25, 0.3) is 5.91 Å². The Morgan fingerprint density at radius 2 is 1.89 bits per heavy atom. The van der Waals surface area contributed by atoms with Crippen molar-refractivity contribution in [2.75, 3.05) is 39.2 Å². The lowest BCUT2D eigenvalue weighted by atomic mass is 9.91. The van der Waals surface area contributed by atoms with E-state index in [0.29, 0.717) is 42.2 Å². The number of amides is 1. The van der Waals surface area contributed by atoms with Gasteiger partial charge < -0.3 is 30.0 Å². The third-order valence-corrected chi connectivity index (χ3v) is 6.93. The molecule has 2 heterocycles. The van der Waals surface area contributed by atoms with Gasteiger partial charge >= 0.3 is 0 Å². The summed E-state index contributed by atoms with van der Waals surface area (Å²) in [5.41, 5.74) is 10.2. The molecule has 1 saturated heterocycles. The Kier molecular flexibility index (Phi) is 8.04. The largest absolute Gasteiger partial charge is 0.493 e. The SMILES string of the molecule is CCc1cc(Nc2nc3ccc(C(=O)N4CC(C)CC(C)C4)cc3n2CCCN)cc(OC)c1OC. The Hall–Kier alpha value is -3.26. The minimum atomic E-state index is 0.0869. The van der Waals surface area contributed by atoms with Crippen LogP contribution in [0.1, 0.15) is 49.5 Å². The predicted molar refractivity (Wildman–Crippen MR) is 144 cm³/mol. The zero-order valence-electron chi connectivity index (χ0n) is 22.1. The van der Waals surface area contributed by atoms with Crippen molar-refractivity contribution < 1.29 is 14.3 Å². The second kappa shape index (κ2) is 11.2. The van der Waals surface area contributed by atoms with Gasteiger partial charge in [-0.1, -0.05) is 20.8 Å². The average molecular weight is 494 g/mol. The Morgan fingerprint density at radius 3 is 2.53 bits per heavy atom. The number of fused-ring (bicyclic) bond motifs is 1. The molecule has 0 aliphatic carbocycles. The fraction of sp³-hybridized carbons (Fsp3) is 0.500. The molecule has 2 aromatic carbocycles. The highest BCUT2D eigenvalue weighted by atomic mass is 16.5. The van der Waals surface area contributed by atoms with Gasteiger partial charge in [-0.15, -0.1) is 0 Å². The number of nitrogens with zero attached hydrogens (tertiary/aromatic N) is 3. The first-order valence-electron chi connectivity index (χ1n) is 12.9. The Bertz CT molecular complexity index is 1190. The zero-order valence-corrected chi connectivity index (χ0v) is 22.1. The van der Waals surface area contributed by atoms with Crippen molar-refractivity contribution in [1.29, 1.82) is 0 Å². The third-order valence-electron chi connectivity index (χ3n) is 6.93. The molecular formula is C28H39N5O3. The molecule has 0 bridgehead atoms. The number of likely N-dealkylation sites (tertiary alicyclic amines) is 1. The number of nitrogens with two attached hydrogens (primary N) is 1. The maximum absolute atomic E-state index is 13.4. The average Bonchev–Trinajstić information content (AvgIpc) is 3.21. The topological polar surface area (TPSA) is 94.6 Å². The minimum absolute atomic E-state index is 0.0869. The van der Waals surface area contributed by atoms with Gasteiger partial charge in [0.15, 0.2) is 11.5 Å². The number of carbonyl (C=O) groups is 1. The quantitative estimate of drug-likeness (QED) is 0.444. The number of rotatable bonds is 9. The summed E-state index contributed by atoms with van der Waals surface area (Å²) in [4.78, 5) is 20.3. The molecule has 8 nitrogen and oxygen atoms in total. The van der Waals surface area contributed by atoms with E-state index >= 15 is 0 Å². The first-order valence-corrected chi connectivity index (χ1v) is 12.9. The smallest absolute Gasteiger partial charge is 0.253 e. The predicted octanol–water partition coefficient (Wildman–Crippen LogP) is 4.83. The van der Waals surface area contributed by atoms with Gasteiger partial charge in [-0.25, -0.2) is 4.98 Å². The van der Waals surface area contributed by atoms with Crippen LogP contribution in [-0.4, -0.2) is 54.2 Å². The number of anilines is 2. The number of nitrogens with one attached hydrogen (secondary N) is 1. The van der Waals surface area contributed by atoms with E-state index in [1.165, 1.54) is 6.42 Å². The molecule has 0 saturated carbocycles. The summed E-state index contributed by atoms with van der Waals surface area (Å²) >= 11 is 0. The lowest BCUT2D eigenvalue weighted by Crippen LogP contribution is -2.42. The van der Waals surface area contributed by atoms with Crippen molar-refractivity contribution in [3.8, 4) is 11.5 Å². The van der Waals surface area contributed by atoms with Crippen LogP contribution < -0.4 is 20.5 Å². The van der Waals surface area contributed by atoms with Gasteiger partial charge in [-0.2, -0.15) is 0 Å². The molecule has 1 aliphatic heterocycles. The summed E-state index contributed by atoms with van der Waals surface area (Å²) in [6.45, 7) is 9.39. The molecule has 3 aromatic rings. The molecule has 2 atom stereocenters. The first kappa shape index (κ1) is 25.8.